The first-order valence-electron chi connectivity index (χ1n) is 7.57. The van der Waals surface area contributed by atoms with Crippen LogP contribution in [0.2, 0.25) is 0 Å². The summed E-state index contributed by atoms with van der Waals surface area (Å²) in [6, 6.07) is 10.4. The van der Waals surface area contributed by atoms with Crippen molar-refractivity contribution in [2.45, 2.75) is 31.0 Å². The third kappa shape index (κ3) is 3.00. The van der Waals surface area contributed by atoms with Crippen LogP contribution in [0.3, 0.4) is 0 Å². The molecule has 1 fully saturated rings. The summed E-state index contributed by atoms with van der Waals surface area (Å²) in [4.78, 5) is 12.5. The monoisotopic (exact) mass is 337 g/mol. The van der Waals surface area contributed by atoms with Crippen LogP contribution >= 0.6 is 0 Å². The normalized spacial score (nSPS) is 16.3. The lowest BCUT2D eigenvalue weighted by Gasteiger charge is -2.43. The molecule has 1 amide bonds. The standard InChI is InChI=1S/C18H15F4NO/c19-13-8-6-12(7-9-13)17(10-3-11-17)23-16(24)14-4-1-2-5-15(14)18(20,21)22/h1-2,4-9H,3,10-11H2,(H,23,24). The van der Waals surface area contributed by atoms with Gasteiger partial charge in [-0.2, -0.15) is 13.2 Å². The van der Waals surface area contributed by atoms with E-state index in [1.165, 1.54) is 24.3 Å². The van der Waals surface area contributed by atoms with Crippen LogP contribution in [-0.2, 0) is 11.7 Å². The van der Waals surface area contributed by atoms with Crippen molar-refractivity contribution in [1.29, 1.82) is 0 Å². The Kier molecular flexibility index (Phi) is 4.07. The van der Waals surface area contributed by atoms with Crippen LogP contribution in [0.25, 0.3) is 0 Å². The molecule has 0 spiro atoms. The van der Waals surface area contributed by atoms with Crippen LogP contribution in [0.1, 0.15) is 40.7 Å². The first-order valence-corrected chi connectivity index (χ1v) is 7.57. The second-order valence-electron chi connectivity index (χ2n) is 5.94. The van der Waals surface area contributed by atoms with Gasteiger partial charge in [0.25, 0.3) is 5.91 Å². The summed E-state index contributed by atoms with van der Waals surface area (Å²) in [5.41, 5.74) is -1.40. The second kappa shape index (κ2) is 5.92. The fraction of sp³-hybridized carbons (Fsp3) is 0.278. The average Bonchev–Trinajstić information content (AvgIpc) is 2.51. The van der Waals surface area contributed by atoms with Gasteiger partial charge in [-0.25, -0.2) is 4.39 Å². The van der Waals surface area contributed by atoms with Gasteiger partial charge >= 0.3 is 6.18 Å². The zero-order valence-corrected chi connectivity index (χ0v) is 12.7. The van der Waals surface area contributed by atoms with Gasteiger partial charge in [0.15, 0.2) is 0 Å². The molecule has 126 valence electrons. The molecule has 1 N–H and O–H groups in total. The molecule has 0 unspecified atom stereocenters. The van der Waals surface area contributed by atoms with Crippen LogP contribution in [0.15, 0.2) is 48.5 Å². The molecule has 2 aromatic rings. The number of alkyl halides is 3. The molecule has 24 heavy (non-hydrogen) atoms. The van der Waals surface area contributed by atoms with Gasteiger partial charge < -0.3 is 5.32 Å². The van der Waals surface area contributed by atoms with Crippen molar-refractivity contribution >= 4 is 5.91 Å². The molecule has 3 rings (SSSR count). The SMILES string of the molecule is O=C(NC1(c2ccc(F)cc2)CCC1)c1ccccc1C(F)(F)F. The molecule has 0 heterocycles. The summed E-state index contributed by atoms with van der Waals surface area (Å²) in [7, 11) is 0. The van der Waals surface area contributed by atoms with Gasteiger partial charge in [0.1, 0.15) is 5.82 Å². The highest BCUT2D eigenvalue weighted by molar-refractivity contribution is 5.96. The molecule has 0 aliphatic heterocycles. The molecule has 1 saturated carbocycles. The molecule has 0 aromatic heterocycles. The third-order valence-corrected chi connectivity index (χ3v) is 4.43. The van der Waals surface area contributed by atoms with Crippen molar-refractivity contribution in [2.24, 2.45) is 0 Å². The van der Waals surface area contributed by atoms with Gasteiger partial charge in [-0.15, -0.1) is 0 Å². The number of nitrogens with one attached hydrogen (secondary N) is 1. The van der Waals surface area contributed by atoms with Crippen molar-refractivity contribution in [3.05, 3.63) is 71.0 Å². The largest absolute Gasteiger partial charge is 0.417 e. The molecule has 6 heteroatoms. The molecule has 0 saturated heterocycles. The Balaban J connectivity index is 1.90. The van der Waals surface area contributed by atoms with Crippen molar-refractivity contribution in [1.82, 2.24) is 5.32 Å². The molecule has 1 aliphatic rings. The Morgan fingerprint density at radius 3 is 2.17 bits per heavy atom. The van der Waals surface area contributed by atoms with Crippen LogP contribution in [0.5, 0.6) is 0 Å². The number of rotatable bonds is 3. The van der Waals surface area contributed by atoms with Crippen molar-refractivity contribution in [3.8, 4) is 0 Å². The Hall–Kier alpha value is -2.37. The van der Waals surface area contributed by atoms with E-state index in [-0.39, 0.29) is 0 Å². The number of hydrogen-bond acceptors (Lipinski definition) is 1. The summed E-state index contributed by atoms with van der Waals surface area (Å²) in [5, 5.41) is 2.73. The second-order valence-corrected chi connectivity index (χ2v) is 5.94. The first kappa shape index (κ1) is 16.5. The van der Waals surface area contributed by atoms with Gasteiger partial charge in [-0.3, -0.25) is 4.79 Å². The lowest BCUT2D eigenvalue weighted by Crippen LogP contribution is -2.51. The summed E-state index contributed by atoms with van der Waals surface area (Å²) >= 11 is 0. The lowest BCUT2D eigenvalue weighted by molar-refractivity contribution is -0.138. The van der Waals surface area contributed by atoms with E-state index < -0.39 is 34.6 Å². The molecule has 0 radical (unpaired) electrons. The number of carbonyl (C=O) groups is 1. The quantitative estimate of drug-likeness (QED) is 0.812. The van der Waals surface area contributed by atoms with E-state index in [0.29, 0.717) is 18.4 Å². The Bertz CT molecular complexity index is 748. The highest BCUT2D eigenvalue weighted by Crippen LogP contribution is 2.42. The van der Waals surface area contributed by atoms with Crippen LogP contribution in [0, 0.1) is 5.82 Å². The summed E-state index contributed by atoms with van der Waals surface area (Å²) in [5.74, 6) is -1.17. The number of benzene rings is 2. The predicted octanol–water partition coefficient (Wildman–Crippen LogP) is 4.65. The predicted molar refractivity (Wildman–Crippen MR) is 80.8 cm³/mol. The van der Waals surface area contributed by atoms with Crippen molar-refractivity contribution in [2.75, 3.05) is 0 Å². The Morgan fingerprint density at radius 1 is 1.00 bits per heavy atom. The van der Waals surface area contributed by atoms with E-state index in [4.69, 9.17) is 0 Å². The Morgan fingerprint density at radius 2 is 1.62 bits per heavy atom. The Labute approximate surface area is 136 Å². The maximum Gasteiger partial charge on any atom is 0.417 e. The first-order chi connectivity index (χ1) is 11.3. The smallest absolute Gasteiger partial charge is 0.343 e. The van der Waals surface area contributed by atoms with Crippen molar-refractivity contribution < 1.29 is 22.4 Å². The summed E-state index contributed by atoms with van der Waals surface area (Å²) in [6.07, 6.45) is -2.54. The van der Waals surface area contributed by atoms with Crippen LogP contribution in [0.4, 0.5) is 17.6 Å². The van der Waals surface area contributed by atoms with E-state index in [1.807, 2.05) is 0 Å². The van der Waals surface area contributed by atoms with E-state index in [2.05, 4.69) is 5.32 Å². The molecule has 0 atom stereocenters. The fourth-order valence-corrected chi connectivity index (χ4v) is 3.00. The highest BCUT2D eigenvalue weighted by Gasteiger charge is 2.42. The topological polar surface area (TPSA) is 29.1 Å². The average molecular weight is 337 g/mol. The van der Waals surface area contributed by atoms with Crippen molar-refractivity contribution in [3.63, 3.8) is 0 Å². The van der Waals surface area contributed by atoms with E-state index in [0.717, 1.165) is 18.6 Å². The molecule has 0 bridgehead atoms. The number of halogens is 4. The zero-order valence-electron chi connectivity index (χ0n) is 12.7. The number of hydrogen-bond donors (Lipinski definition) is 1. The number of amides is 1. The summed E-state index contributed by atoms with van der Waals surface area (Å²) in [6.45, 7) is 0. The number of carbonyl (C=O) groups excluding carboxylic acids is 1. The zero-order chi connectivity index (χ0) is 17.4. The summed E-state index contributed by atoms with van der Waals surface area (Å²) < 4.78 is 52.3. The van der Waals surface area contributed by atoms with Gasteiger partial charge in [0, 0.05) is 0 Å². The van der Waals surface area contributed by atoms with Gasteiger partial charge in [0.05, 0.1) is 16.7 Å². The molecule has 1 aliphatic carbocycles. The third-order valence-electron chi connectivity index (χ3n) is 4.43. The maximum atomic E-state index is 13.1. The fourth-order valence-electron chi connectivity index (χ4n) is 3.00. The van der Waals surface area contributed by atoms with Crippen LogP contribution < -0.4 is 5.32 Å². The van der Waals surface area contributed by atoms with Gasteiger partial charge in [-0.1, -0.05) is 24.3 Å². The van der Waals surface area contributed by atoms with E-state index in [9.17, 15) is 22.4 Å². The van der Waals surface area contributed by atoms with Crippen LogP contribution in [-0.4, -0.2) is 5.91 Å². The van der Waals surface area contributed by atoms with E-state index >= 15 is 0 Å². The minimum absolute atomic E-state index is 0.401. The van der Waals surface area contributed by atoms with Gasteiger partial charge in [-0.05, 0) is 49.1 Å². The van der Waals surface area contributed by atoms with E-state index in [1.54, 1.807) is 12.1 Å². The maximum absolute atomic E-state index is 13.1. The molecule has 2 aromatic carbocycles. The molecule has 2 nitrogen and oxygen atoms in total. The minimum atomic E-state index is -4.60. The molecular weight excluding hydrogens is 322 g/mol. The highest BCUT2D eigenvalue weighted by atomic mass is 19.4. The van der Waals surface area contributed by atoms with Gasteiger partial charge in [0.2, 0.25) is 0 Å². The minimum Gasteiger partial charge on any atom is -0.343 e. The molecular formula is C18H15F4NO. The lowest BCUT2D eigenvalue weighted by atomic mass is 9.71.